The molecule has 0 radical (unpaired) electrons. The minimum atomic E-state index is -0.257. The van der Waals surface area contributed by atoms with E-state index in [0.717, 1.165) is 18.2 Å². The van der Waals surface area contributed by atoms with Crippen molar-refractivity contribution < 1.29 is 9.90 Å². The van der Waals surface area contributed by atoms with Crippen molar-refractivity contribution in [3.8, 4) is 5.75 Å². The summed E-state index contributed by atoms with van der Waals surface area (Å²) < 4.78 is 0. The summed E-state index contributed by atoms with van der Waals surface area (Å²) in [5, 5.41) is 13.2. The average molecular weight is 287 g/mol. The summed E-state index contributed by atoms with van der Waals surface area (Å²) in [4.78, 5) is 15.5. The molecule has 0 aliphatic carbocycles. The van der Waals surface area contributed by atoms with E-state index in [0.29, 0.717) is 0 Å². The Morgan fingerprint density at radius 1 is 1.69 bits per heavy atom. The second-order valence-corrected chi connectivity index (χ2v) is 4.24. The van der Waals surface area contributed by atoms with Gasteiger partial charge < -0.3 is 10.4 Å². The van der Waals surface area contributed by atoms with Gasteiger partial charge in [-0.2, -0.15) is 0 Å². The third-order valence-electron chi connectivity index (χ3n) is 2.33. The molecule has 88 valence electrons. The van der Waals surface area contributed by atoms with Crippen molar-refractivity contribution in [2.45, 2.75) is 25.8 Å². The lowest BCUT2D eigenvalue weighted by Crippen LogP contribution is -2.34. The van der Waals surface area contributed by atoms with Gasteiger partial charge >= 0.3 is 0 Å². The smallest absolute Gasteiger partial charge is 0.255 e. The van der Waals surface area contributed by atoms with Crippen LogP contribution in [0.3, 0.4) is 0 Å². The number of nitrogens with zero attached hydrogens (tertiary/aromatic N) is 1. The van der Waals surface area contributed by atoms with Crippen LogP contribution in [0.4, 0.5) is 0 Å². The van der Waals surface area contributed by atoms with E-state index in [2.05, 4.69) is 26.2 Å². The second kappa shape index (κ2) is 6.48. The van der Waals surface area contributed by atoms with E-state index in [1.54, 1.807) is 0 Å². The SMILES string of the molecule is CCC(CCBr)NC(=O)c1ccncc1O. The predicted octanol–water partition coefficient (Wildman–Crippen LogP) is 2.08. The third kappa shape index (κ3) is 3.48. The summed E-state index contributed by atoms with van der Waals surface area (Å²) in [6, 6.07) is 1.63. The normalized spacial score (nSPS) is 12.1. The monoisotopic (exact) mass is 286 g/mol. The molecule has 1 unspecified atom stereocenters. The van der Waals surface area contributed by atoms with E-state index in [-0.39, 0.29) is 23.3 Å². The van der Waals surface area contributed by atoms with Gasteiger partial charge in [0, 0.05) is 17.6 Å². The summed E-state index contributed by atoms with van der Waals surface area (Å²) >= 11 is 3.34. The highest BCUT2D eigenvalue weighted by molar-refractivity contribution is 9.09. The number of hydrogen-bond acceptors (Lipinski definition) is 3. The van der Waals surface area contributed by atoms with Crippen LogP contribution in [-0.4, -0.2) is 27.4 Å². The van der Waals surface area contributed by atoms with E-state index in [9.17, 15) is 9.90 Å². The Bertz CT molecular complexity index is 358. The number of pyridine rings is 1. The van der Waals surface area contributed by atoms with Gasteiger partial charge in [-0.05, 0) is 18.9 Å². The Kier molecular flexibility index (Phi) is 5.25. The molecule has 2 N–H and O–H groups in total. The number of nitrogens with one attached hydrogen (secondary N) is 1. The van der Waals surface area contributed by atoms with Gasteiger partial charge in [0.25, 0.3) is 5.91 Å². The zero-order chi connectivity index (χ0) is 12.0. The fourth-order valence-corrected chi connectivity index (χ4v) is 1.90. The molecule has 16 heavy (non-hydrogen) atoms. The molecule has 4 nitrogen and oxygen atoms in total. The van der Waals surface area contributed by atoms with Gasteiger partial charge in [0.15, 0.2) is 0 Å². The summed E-state index contributed by atoms with van der Waals surface area (Å²) in [6.45, 7) is 2.01. The van der Waals surface area contributed by atoms with Gasteiger partial charge in [0.1, 0.15) is 5.75 Å². The number of halogens is 1. The summed E-state index contributed by atoms with van der Waals surface area (Å²) in [6.07, 6.45) is 4.48. The highest BCUT2D eigenvalue weighted by Crippen LogP contribution is 2.14. The maximum atomic E-state index is 11.8. The molecule has 1 aromatic rings. The molecule has 0 saturated carbocycles. The van der Waals surface area contributed by atoms with E-state index < -0.39 is 0 Å². The zero-order valence-corrected chi connectivity index (χ0v) is 10.7. The van der Waals surface area contributed by atoms with Crippen molar-refractivity contribution in [1.29, 1.82) is 0 Å². The maximum absolute atomic E-state index is 11.8. The fraction of sp³-hybridized carbons (Fsp3) is 0.455. The number of aromatic nitrogens is 1. The van der Waals surface area contributed by atoms with Gasteiger partial charge in [0.05, 0.1) is 11.8 Å². The van der Waals surface area contributed by atoms with E-state index in [4.69, 9.17) is 0 Å². The Hall–Kier alpha value is -1.10. The fourth-order valence-electron chi connectivity index (χ4n) is 1.35. The van der Waals surface area contributed by atoms with Gasteiger partial charge in [-0.15, -0.1) is 0 Å². The number of carbonyl (C=O) groups excluding carboxylic acids is 1. The van der Waals surface area contributed by atoms with Gasteiger partial charge in [-0.1, -0.05) is 22.9 Å². The minimum absolute atomic E-state index is 0.0892. The van der Waals surface area contributed by atoms with Crippen molar-refractivity contribution in [3.63, 3.8) is 0 Å². The topological polar surface area (TPSA) is 62.2 Å². The number of hydrogen-bond donors (Lipinski definition) is 2. The Morgan fingerprint density at radius 3 is 3.00 bits per heavy atom. The highest BCUT2D eigenvalue weighted by atomic mass is 79.9. The first kappa shape index (κ1) is 13.0. The zero-order valence-electron chi connectivity index (χ0n) is 9.11. The molecule has 1 rings (SSSR count). The van der Waals surface area contributed by atoms with Crippen LogP contribution in [0, 0.1) is 0 Å². The largest absolute Gasteiger partial charge is 0.505 e. The lowest BCUT2D eigenvalue weighted by atomic mass is 10.1. The number of rotatable bonds is 5. The lowest BCUT2D eigenvalue weighted by Gasteiger charge is -2.15. The molecule has 1 aromatic heterocycles. The number of carbonyl (C=O) groups is 1. The van der Waals surface area contributed by atoms with Crippen molar-refractivity contribution in [2.24, 2.45) is 0 Å². The average Bonchev–Trinajstić information content (AvgIpc) is 2.28. The van der Waals surface area contributed by atoms with Crippen LogP contribution in [0.25, 0.3) is 0 Å². The predicted molar refractivity (Wildman–Crippen MR) is 65.9 cm³/mol. The van der Waals surface area contributed by atoms with Crippen molar-refractivity contribution in [3.05, 3.63) is 24.0 Å². The maximum Gasteiger partial charge on any atom is 0.255 e. The molecule has 0 bridgehead atoms. The summed E-state index contributed by atoms with van der Waals surface area (Å²) in [5.74, 6) is -0.346. The highest BCUT2D eigenvalue weighted by Gasteiger charge is 2.14. The van der Waals surface area contributed by atoms with Crippen LogP contribution in [0.2, 0.25) is 0 Å². The summed E-state index contributed by atoms with van der Waals surface area (Å²) in [5.41, 5.74) is 0.267. The van der Waals surface area contributed by atoms with Crippen molar-refractivity contribution >= 4 is 21.8 Å². The lowest BCUT2D eigenvalue weighted by molar-refractivity contribution is 0.0932. The molecule has 1 amide bonds. The quantitative estimate of drug-likeness (QED) is 0.815. The molecule has 5 heteroatoms. The first-order chi connectivity index (χ1) is 7.69. The molecule has 0 spiro atoms. The number of amides is 1. The molecule has 0 fully saturated rings. The van der Waals surface area contributed by atoms with Crippen molar-refractivity contribution in [1.82, 2.24) is 10.3 Å². The molecule has 0 saturated heterocycles. The molecular formula is C11H15BrN2O2. The molecule has 1 atom stereocenters. The van der Waals surface area contributed by atoms with E-state index >= 15 is 0 Å². The Labute approximate surface area is 103 Å². The number of aromatic hydroxyl groups is 1. The van der Waals surface area contributed by atoms with Crippen LogP contribution in [-0.2, 0) is 0 Å². The minimum Gasteiger partial charge on any atom is -0.505 e. The van der Waals surface area contributed by atoms with Gasteiger partial charge in [-0.3, -0.25) is 9.78 Å². The first-order valence-corrected chi connectivity index (χ1v) is 6.31. The second-order valence-electron chi connectivity index (χ2n) is 3.45. The Balaban J connectivity index is 2.68. The van der Waals surface area contributed by atoms with Crippen LogP contribution < -0.4 is 5.32 Å². The molecule has 0 aliphatic rings. The molecule has 0 aliphatic heterocycles. The van der Waals surface area contributed by atoms with Crippen LogP contribution in [0.5, 0.6) is 5.75 Å². The molecule has 1 heterocycles. The standard InChI is InChI=1S/C11H15BrN2O2/c1-2-8(3-5-12)14-11(16)9-4-6-13-7-10(9)15/h4,6-8,15H,2-3,5H2,1H3,(H,14,16). The third-order valence-corrected chi connectivity index (χ3v) is 2.79. The van der Waals surface area contributed by atoms with Crippen molar-refractivity contribution in [2.75, 3.05) is 5.33 Å². The van der Waals surface area contributed by atoms with Crippen LogP contribution in [0.15, 0.2) is 18.5 Å². The molecular weight excluding hydrogens is 272 g/mol. The van der Waals surface area contributed by atoms with Crippen LogP contribution >= 0.6 is 15.9 Å². The Morgan fingerprint density at radius 2 is 2.44 bits per heavy atom. The van der Waals surface area contributed by atoms with Crippen LogP contribution in [0.1, 0.15) is 30.1 Å². The van der Waals surface area contributed by atoms with E-state index in [1.165, 1.54) is 18.5 Å². The van der Waals surface area contributed by atoms with Gasteiger partial charge in [0.2, 0.25) is 0 Å². The van der Waals surface area contributed by atoms with Gasteiger partial charge in [-0.25, -0.2) is 0 Å². The van der Waals surface area contributed by atoms with E-state index in [1.807, 2.05) is 6.92 Å². The molecule has 0 aromatic carbocycles. The summed E-state index contributed by atoms with van der Waals surface area (Å²) in [7, 11) is 0. The first-order valence-electron chi connectivity index (χ1n) is 5.18. The number of alkyl halides is 1.